The number of pyridine rings is 2. The van der Waals surface area contributed by atoms with E-state index < -0.39 is 0 Å². The van der Waals surface area contributed by atoms with Gasteiger partial charge in [-0.05, 0) is 98.1 Å². The Kier molecular flexibility index (Phi) is 18.0. The fourth-order valence-electron chi connectivity index (χ4n) is 16.5. The third kappa shape index (κ3) is 13.4. The Morgan fingerprint density at radius 1 is 0.160 bits per heavy atom. The molecule has 119 heavy (non-hydrogen) atoms. The minimum atomic E-state index is 0.611. The number of thiophene rings is 3. The second kappa shape index (κ2) is 30.4. The molecule has 16 aromatic carbocycles. The Morgan fingerprint density at radius 2 is 0.471 bits per heavy atom. The van der Waals surface area contributed by atoms with Crippen molar-refractivity contribution < 1.29 is 0 Å². The predicted molar refractivity (Wildman–Crippen MR) is 502 cm³/mol. The third-order valence-corrected chi connectivity index (χ3v) is 26.0. The SMILES string of the molecule is c1ccc(-c2ccc(-c3cc(-c4ccc(-c5ccccc5)cc4)nc(-c4ccc(-c5nc6cc(-c7ccccc7)ccc6c6c5sc5ccccc56)cc4)n3)cc2)cc1.c1ccc(-c2ccc(-c3nc(-c4ccccc4)nc(-c4cccc(-c5nc6cc(-c7cccc8c7sc7ccccc78)ccc6c6c5sc5ccccc56)c4)n3)cc2)cc1. The summed E-state index contributed by atoms with van der Waals surface area (Å²) in [6, 6.07) is 143. The van der Waals surface area contributed by atoms with E-state index in [1.165, 1.54) is 105 Å². The van der Waals surface area contributed by atoms with Crippen molar-refractivity contribution in [2.24, 2.45) is 0 Å². The van der Waals surface area contributed by atoms with Crippen LogP contribution >= 0.6 is 34.0 Å². The highest BCUT2D eigenvalue weighted by Crippen LogP contribution is 2.48. The van der Waals surface area contributed by atoms with Gasteiger partial charge in [-0.15, -0.1) is 34.0 Å². The smallest absolute Gasteiger partial charge is 0.164 e. The molecule has 556 valence electrons. The zero-order valence-corrected chi connectivity index (χ0v) is 66.5. The van der Waals surface area contributed by atoms with Gasteiger partial charge in [0.2, 0.25) is 0 Å². The number of hydrogen-bond donors (Lipinski definition) is 0. The van der Waals surface area contributed by atoms with Gasteiger partial charge in [0.15, 0.2) is 23.3 Å². The molecule has 0 saturated carbocycles. The summed E-state index contributed by atoms with van der Waals surface area (Å²) in [6.07, 6.45) is 0. The summed E-state index contributed by atoms with van der Waals surface area (Å²) in [5, 5.41) is 9.91. The molecule has 0 atom stereocenters. The lowest BCUT2D eigenvalue weighted by Gasteiger charge is -2.12. The first-order valence-corrected chi connectivity index (χ1v) is 42.2. The minimum Gasteiger partial charge on any atom is -0.246 e. The van der Waals surface area contributed by atoms with E-state index in [1.54, 1.807) is 11.3 Å². The standard InChI is InChI=1S/C55H35N3S.C54H32N4S2/c1-4-12-36(13-5-1)39-20-24-41(25-21-39)48-35-49(42-26-22-40(23-27-42)37-14-6-2-7-15-37)58-55(57-48)44-30-28-43(29-31-44)53-54-52(47-18-10-11-19-51(47)59-54)46-33-32-45(34-50(46)56-53)38-16-8-3-9-17-38;1-3-13-33(14-4-1)34-25-27-36(28-26-34)53-56-52(35-15-5-2-6-16-35)57-54(58-53)39-18-11-17-38(31-39)49-51-48(44-20-8-10-24-47(44)60-51)43-30-29-37(32-45(43)55-49)40-21-12-22-42-41-19-7-9-23-46(41)59-50(40)42/h1-35H;1-32H. The van der Waals surface area contributed by atoms with Crippen molar-refractivity contribution in [3.05, 3.63) is 406 Å². The maximum Gasteiger partial charge on any atom is 0.164 e. The molecule has 0 fully saturated rings. The fraction of sp³-hybridized carbons (Fsp3) is 0. The van der Waals surface area contributed by atoms with Crippen LogP contribution in [0.3, 0.4) is 0 Å². The second-order valence-electron chi connectivity index (χ2n) is 29.8. The molecule has 0 aliphatic carbocycles. The van der Waals surface area contributed by atoms with Crippen molar-refractivity contribution in [2.75, 3.05) is 0 Å². The lowest BCUT2D eigenvalue weighted by molar-refractivity contribution is 1.07. The lowest BCUT2D eigenvalue weighted by Crippen LogP contribution is -2.00. The molecule has 7 heterocycles. The number of nitrogens with zero attached hydrogens (tertiary/aromatic N) is 7. The van der Waals surface area contributed by atoms with Gasteiger partial charge in [-0.2, -0.15) is 0 Å². The second-order valence-corrected chi connectivity index (χ2v) is 32.9. The summed E-state index contributed by atoms with van der Waals surface area (Å²) in [7, 11) is 0. The molecule has 7 aromatic heterocycles. The number of aromatic nitrogens is 7. The van der Waals surface area contributed by atoms with Gasteiger partial charge in [-0.25, -0.2) is 34.9 Å². The first-order chi connectivity index (χ1) is 58.9. The first kappa shape index (κ1) is 70.7. The summed E-state index contributed by atoms with van der Waals surface area (Å²) in [6.45, 7) is 0. The summed E-state index contributed by atoms with van der Waals surface area (Å²) in [4.78, 5) is 36.6. The molecule has 0 radical (unpaired) electrons. The predicted octanol–water partition coefficient (Wildman–Crippen LogP) is 30.2. The molecule has 23 rings (SSSR count). The number of benzene rings is 16. The largest absolute Gasteiger partial charge is 0.246 e. The highest BCUT2D eigenvalue weighted by molar-refractivity contribution is 7.27. The molecule has 0 spiro atoms. The van der Waals surface area contributed by atoms with Gasteiger partial charge < -0.3 is 0 Å². The lowest BCUT2D eigenvalue weighted by atomic mass is 9.98. The molecule has 0 amide bonds. The average Bonchev–Trinajstić information content (AvgIpc) is 1.61. The Bertz CT molecular complexity index is 7690. The summed E-state index contributed by atoms with van der Waals surface area (Å²) < 4.78 is 7.46. The molecule has 0 aliphatic rings. The highest BCUT2D eigenvalue weighted by Gasteiger charge is 2.23. The van der Waals surface area contributed by atoms with Crippen LogP contribution in [0.1, 0.15) is 0 Å². The minimum absolute atomic E-state index is 0.611. The van der Waals surface area contributed by atoms with Crippen LogP contribution in [-0.4, -0.2) is 34.9 Å². The molecular formula is C109H67N7S3. The molecule has 0 N–H and O–H groups in total. The first-order valence-electron chi connectivity index (χ1n) is 39.8. The van der Waals surface area contributed by atoms with Crippen LogP contribution in [0.5, 0.6) is 0 Å². The van der Waals surface area contributed by atoms with Gasteiger partial charge >= 0.3 is 0 Å². The maximum atomic E-state index is 5.54. The van der Waals surface area contributed by atoms with E-state index >= 15 is 0 Å². The average molecular weight is 1570 g/mol. The Labute approximate surface area is 698 Å². The normalized spacial score (nSPS) is 11.5. The van der Waals surface area contributed by atoms with Gasteiger partial charge in [0.05, 0.1) is 43.2 Å². The topological polar surface area (TPSA) is 90.2 Å². The molecule has 7 nitrogen and oxygen atoms in total. The zero-order chi connectivity index (χ0) is 78.7. The van der Waals surface area contributed by atoms with Crippen LogP contribution in [0, 0.1) is 0 Å². The van der Waals surface area contributed by atoms with E-state index in [0.717, 1.165) is 100 Å². The molecule has 0 saturated heterocycles. The van der Waals surface area contributed by atoms with Gasteiger partial charge in [0, 0.05) is 106 Å². The molecular weight excluding hydrogens is 1500 g/mol. The quantitative estimate of drug-likeness (QED) is 0.114. The van der Waals surface area contributed by atoms with E-state index in [4.69, 9.17) is 34.9 Å². The number of hydrogen-bond acceptors (Lipinski definition) is 10. The monoisotopic (exact) mass is 1570 g/mol. The zero-order valence-electron chi connectivity index (χ0n) is 64.0. The van der Waals surface area contributed by atoms with Gasteiger partial charge in [0.1, 0.15) is 0 Å². The van der Waals surface area contributed by atoms with Crippen LogP contribution in [0.25, 0.3) is 229 Å². The molecule has 0 aliphatic heterocycles. The van der Waals surface area contributed by atoms with Crippen molar-refractivity contribution in [3.8, 4) is 146 Å². The van der Waals surface area contributed by atoms with Crippen LogP contribution in [0.4, 0.5) is 0 Å². The fourth-order valence-corrected chi connectivity index (χ4v) is 20.2. The number of rotatable bonds is 13. The van der Waals surface area contributed by atoms with E-state index in [-0.39, 0.29) is 0 Å². The molecule has 0 bridgehead atoms. The molecule has 0 unspecified atom stereocenters. The Balaban J connectivity index is 0.000000143. The van der Waals surface area contributed by atoms with E-state index in [9.17, 15) is 0 Å². The highest BCUT2D eigenvalue weighted by atomic mass is 32.1. The van der Waals surface area contributed by atoms with Gasteiger partial charge in [0.25, 0.3) is 0 Å². The number of fused-ring (bicyclic) bond motifs is 13. The molecule has 23 aromatic rings. The molecule has 10 heteroatoms. The third-order valence-electron chi connectivity index (χ3n) is 22.5. The van der Waals surface area contributed by atoms with E-state index in [2.05, 4.69) is 358 Å². The van der Waals surface area contributed by atoms with Crippen molar-refractivity contribution in [2.45, 2.75) is 0 Å². The van der Waals surface area contributed by atoms with Crippen molar-refractivity contribution in [1.82, 2.24) is 34.9 Å². The van der Waals surface area contributed by atoms with E-state index in [1.807, 2.05) is 71.2 Å². The van der Waals surface area contributed by atoms with E-state index in [0.29, 0.717) is 23.3 Å². The summed E-state index contributed by atoms with van der Waals surface area (Å²) in [5.41, 5.74) is 25.2. The van der Waals surface area contributed by atoms with Crippen LogP contribution in [-0.2, 0) is 0 Å². The summed E-state index contributed by atoms with van der Waals surface area (Å²) in [5.74, 6) is 2.54. The van der Waals surface area contributed by atoms with Crippen LogP contribution in [0.15, 0.2) is 406 Å². The Morgan fingerprint density at radius 3 is 0.966 bits per heavy atom. The van der Waals surface area contributed by atoms with Crippen molar-refractivity contribution in [3.63, 3.8) is 0 Å². The summed E-state index contributed by atoms with van der Waals surface area (Å²) >= 11 is 5.47. The van der Waals surface area contributed by atoms with Crippen LogP contribution in [0.2, 0.25) is 0 Å². The van der Waals surface area contributed by atoms with Crippen molar-refractivity contribution in [1.29, 1.82) is 0 Å². The van der Waals surface area contributed by atoms with Gasteiger partial charge in [-0.1, -0.05) is 364 Å². The van der Waals surface area contributed by atoms with Gasteiger partial charge in [-0.3, -0.25) is 0 Å². The van der Waals surface area contributed by atoms with Crippen molar-refractivity contribution >= 4 is 116 Å². The Hall–Kier alpha value is -14.9. The maximum absolute atomic E-state index is 5.54. The van der Waals surface area contributed by atoms with Crippen LogP contribution < -0.4 is 0 Å².